The molecule has 0 aliphatic rings. The number of hydrogen-bond donors (Lipinski definition) is 0. The number of rotatable bonds is 2. The minimum Gasteiger partial charge on any atom is -0.122 e. The highest BCUT2D eigenvalue weighted by atomic mass is 35.5. The largest absolute Gasteiger partial charge is 0.122 e. The van der Waals surface area contributed by atoms with Crippen LogP contribution in [-0.4, -0.2) is 5.88 Å². The molecule has 0 amide bonds. The summed E-state index contributed by atoms with van der Waals surface area (Å²) >= 11 is 5.29. The van der Waals surface area contributed by atoms with Crippen molar-refractivity contribution in [2.24, 2.45) is 0 Å². The minimum absolute atomic E-state index is 0.647. The molecule has 0 fully saturated rings. The molecule has 0 aromatic carbocycles. The third kappa shape index (κ3) is 4.03. The fraction of sp³-hybridized carbons (Fsp3) is 0.600. The van der Waals surface area contributed by atoms with E-state index in [1.807, 2.05) is 12.2 Å². The van der Waals surface area contributed by atoms with Gasteiger partial charge in [0, 0.05) is 5.88 Å². The predicted octanol–water partition coefficient (Wildman–Crippen LogP) is 2.19. The Labute approximate surface area is 43.8 Å². The number of allylic oxidation sites excluding steroid dienone is 2. The molecular weight excluding hydrogens is 95.5 g/mol. The topological polar surface area (TPSA) is 0 Å². The molecule has 0 bridgehead atoms. The first-order chi connectivity index (χ1) is 2.91. The Hall–Kier alpha value is 0.0300. The first-order valence-corrected chi connectivity index (χ1v) is 2.66. The lowest BCUT2D eigenvalue weighted by Crippen LogP contribution is -1.56. The maximum absolute atomic E-state index is 5.29. The second-order valence-electron chi connectivity index (χ2n) is 1.03. The maximum atomic E-state index is 5.29. The van der Waals surface area contributed by atoms with Gasteiger partial charge in [0.1, 0.15) is 0 Å². The van der Waals surface area contributed by atoms with E-state index < -0.39 is 0 Å². The zero-order valence-electron chi connectivity index (χ0n) is 3.95. The van der Waals surface area contributed by atoms with E-state index in [1.165, 1.54) is 0 Å². The van der Waals surface area contributed by atoms with E-state index in [1.54, 1.807) is 0 Å². The molecular formula is C5H9Cl. The highest BCUT2D eigenvalue weighted by Gasteiger charge is 1.61. The van der Waals surface area contributed by atoms with E-state index in [2.05, 4.69) is 6.92 Å². The molecule has 0 N–H and O–H groups in total. The Balaban J connectivity index is 2.73. The zero-order valence-corrected chi connectivity index (χ0v) is 4.70. The molecule has 0 aromatic heterocycles. The van der Waals surface area contributed by atoms with Gasteiger partial charge in [0.25, 0.3) is 0 Å². The Bertz CT molecular complexity index is 33.2. The fourth-order valence-electron chi connectivity index (χ4n) is 0.230. The van der Waals surface area contributed by atoms with Crippen molar-refractivity contribution in [2.75, 3.05) is 5.88 Å². The molecule has 1 heteroatoms. The zero-order chi connectivity index (χ0) is 4.83. The Morgan fingerprint density at radius 1 is 1.50 bits per heavy atom. The molecule has 0 radical (unpaired) electrons. The van der Waals surface area contributed by atoms with E-state index in [0.717, 1.165) is 6.42 Å². The van der Waals surface area contributed by atoms with Crippen LogP contribution < -0.4 is 0 Å². The Kier molecular flexibility index (Phi) is 5.06. The monoisotopic (exact) mass is 104 g/mol. The van der Waals surface area contributed by atoms with Gasteiger partial charge in [-0.05, 0) is 6.42 Å². The average molecular weight is 105 g/mol. The molecule has 0 spiro atoms. The quantitative estimate of drug-likeness (QED) is 0.372. The first-order valence-electron chi connectivity index (χ1n) is 2.12. The third-order valence-electron chi connectivity index (χ3n) is 0.491. The number of hydrogen-bond acceptors (Lipinski definition) is 0. The van der Waals surface area contributed by atoms with Crippen molar-refractivity contribution < 1.29 is 0 Å². The molecule has 0 unspecified atom stereocenters. The highest BCUT2D eigenvalue weighted by Crippen LogP contribution is 1.80. The molecule has 0 rings (SSSR count). The normalized spacial score (nSPS) is 10.3. The Morgan fingerprint density at radius 2 is 2.17 bits per heavy atom. The molecule has 0 saturated carbocycles. The molecule has 0 aromatic rings. The summed E-state index contributed by atoms with van der Waals surface area (Å²) < 4.78 is 0. The van der Waals surface area contributed by atoms with Crippen molar-refractivity contribution in [1.82, 2.24) is 0 Å². The van der Waals surface area contributed by atoms with Gasteiger partial charge in [-0.1, -0.05) is 19.1 Å². The van der Waals surface area contributed by atoms with Gasteiger partial charge in [-0.15, -0.1) is 11.6 Å². The van der Waals surface area contributed by atoms with Crippen LogP contribution in [0.1, 0.15) is 13.3 Å². The van der Waals surface area contributed by atoms with Gasteiger partial charge in [0.15, 0.2) is 0 Å². The standard InChI is InChI=1S/C5H9Cl/c1-2-3-4-5-6/h3-4H,2,5H2,1H3/b4-3-. The summed E-state index contributed by atoms with van der Waals surface area (Å²) in [5.41, 5.74) is 0. The molecule has 0 atom stereocenters. The van der Waals surface area contributed by atoms with Crippen molar-refractivity contribution in [3.63, 3.8) is 0 Å². The van der Waals surface area contributed by atoms with Crippen molar-refractivity contribution in [3.05, 3.63) is 12.2 Å². The van der Waals surface area contributed by atoms with E-state index >= 15 is 0 Å². The lowest BCUT2D eigenvalue weighted by atomic mass is 10.4. The maximum Gasteiger partial charge on any atom is 0.0404 e. The van der Waals surface area contributed by atoms with E-state index in [-0.39, 0.29) is 0 Å². The molecule has 36 valence electrons. The van der Waals surface area contributed by atoms with Gasteiger partial charge in [-0.25, -0.2) is 0 Å². The summed E-state index contributed by atoms with van der Waals surface area (Å²) in [5.74, 6) is 0.647. The van der Waals surface area contributed by atoms with Gasteiger partial charge in [-0.3, -0.25) is 0 Å². The van der Waals surface area contributed by atoms with Crippen molar-refractivity contribution in [3.8, 4) is 0 Å². The molecule has 0 aliphatic heterocycles. The minimum atomic E-state index is 0.647. The van der Waals surface area contributed by atoms with E-state index in [9.17, 15) is 0 Å². The van der Waals surface area contributed by atoms with Crippen LogP contribution in [0.2, 0.25) is 0 Å². The highest BCUT2D eigenvalue weighted by molar-refractivity contribution is 6.18. The summed E-state index contributed by atoms with van der Waals surface area (Å²) in [6.45, 7) is 2.09. The van der Waals surface area contributed by atoms with Crippen LogP contribution in [0.15, 0.2) is 12.2 Å². The van der Waals surface area contributed by atoms with Crippen molar-refractivity contribution in [1.29, 1.82) is 0 Å². The summed E-state index contributed by atoms with van der Waals surface area (Å²) in [4.78, 5) is 0. The van der Waals surface area contributed by atoms with Gasteiger partial charge in [0.05, 0.1) is 0 Å². The number of halogens is 1. The SMILES string of the molecule is CC/C=C\CCl. The summed E-state index contributed by atoms with van der Waals surface area (Å²) in [6, 6.07) is 0. The van der Waals surface area contributed by atoms with Gasteiger partial charge < -0.3 is 0 Å². The van der Waals surface area contributed by atoms with Crippen LogP contribution in [0.25, 0.3) is 0 Å². The lowest BCUT2D eigenvalue weighted by Gasteiger charge is -1.71. The van der Waals surface area contributed by atoms with Gasteiger partial charge >= 0.3 is 0 Å². The van der Waals surface area contributed by atoms with E-state index in [4.69, 9.17) is 11.6 Å². The lowest BCUT2D eigenvalue weighted by molar-refractivity contribution is 1.22. The van der Waals surface area contributed by atoms with Crippen molar-refractivity contribution >= 4 is 11.6 Å². The summed E-state index contributed by atoms with van der Waals surface area (Å²) in [7, 11) is 0. The second-order valence-corrected chi connectivity index (χ2v) is 1.34. The smallest absolute Gasteiger partial charge is 0.0404 e. The van der Waals surface area contributed by atoms with Gasteiger partial charge in [0.2, 0.25) is 0 Å². The van der Waals surface area contributed by atoms with Crippen LogP contribution in [0, 0.1) is 0 Å². The fourth-order valence-corrected chi connectivity index (χ4v) is 0.356. The van der Waals surface area contributed by atoms with Crippen LogP contribution in [0.3, 0.4) is 0 Å². The third-order valence-corrected chi connectivity index (χ3v) is 0.670. The average Bonchev–Trinajstić information content (AvgIpc) is 1.61. The second kappa shape index (κ2) is 5.03. The van der Waals surface area contributed by atoms with Crippen LogP contribution in [0.5, 0.6) is 0 Å². The number of alkyl halides is 1. The molecule has 0 heterocycles. The van der Waals surface area contributed by atoms with Crippen LogP contribution in [0.4, 0.5) is 0 Å². The molecule has 0 saturated heterocycles. The predicted molar refractivity (Wildman–Crippen MR) is 30.2 cm³/mol. The van der Waals surface area contributed by atoms with Crippen molar-refractivity contribution in [2.45, 2.75) is 13.3 Å². The summed E-state index contributed by atoms with van der Waals surface area (Å²) in [6.07, 6.45) is 5.08. The van der Waals surface area contributed by atoms with Gasteiger partial charge in [-0.2, -0.15) is 0 Å². The Morgan fingerprint density at radius 3 is 2.33 bits per heavy atom. The van der Waals surface area contributed by atoms with E-state index in [0.29, 0.717) is 5.88 Å². The van der Waals surface area contributed by atoms with Crippen LogP contribution in [-0.2, 0) is 0 Å². The molecule has 0 nitrogen and oxygen atoms in total. The first kappa shape index (κ1) is 6.03. The van der Waals surface area contributed by atoms with Crippen LogP contribution >= 0.6 is 11.6 Å². The molecule has 0 aliphatic carbocycles. The molecule has 6 heavy (non-hydrogen) atoms. The summed E-state index contributed by atoms with van der Waals surface area (Å²) in [5, 5.41) is 0.